The van der Waals surface area contributed by atoms with E-state index in [2.05, 4.69) is 20.2 Å². The zero-order valence-electron chi connectivity index (χ0n) is 13.5. The molecule has 3 rings (SSSR count). The fourth-order valence-corrected chi connectivity index (χ4v) is 2.05. The molecule has 0 saturated carbocycles. The normalized spacial score (nSPS) is 11.3. The van der Waals surface area contributed by atoms with Crippen LogP contribution in [-0.4, -0.2) is 28.8 Å². The molecule has 2 aromatic heterocycles. The summed E-state index contributed by atoms with van der Waals surface area (Å²) in [7, 11) is 0. The van der Waals surface area contributed by atoms with Gasteiger partial charge in [-0.2, -0.15) is 13.2 Å². The Labute approximate surface area is 149 Å². The second kappa shape index (κ2) is 7.44. The maximum absolute atomic E-state index is 13.2. The lowest BCUT2D eigenvalue weighted by atomic mass is 10.1. The highest BCUT2D eigenvalue weighted by atomic mass is 19.4. The van der Waals surface area contributed by atoms with Gasteiger partial charge in [-0.15, -0.1) is 0 Å². The third-order valence-corrected chi connectivity index (χ3v) is 3.23. The van der Waals surface area contributed by atoms with E-state index in [-0.39, 0.29) is 23.0 Å². The van der Waals surface area contributed by atoms with E-state index in [1.165, 1.54) is 36.4 Å². The van der Waals surface area contributed by atoms with Crippen LogP contribution in [0.2, 0.25) is 0 Å². The number of carbonyl (C=O) groups excluding carboxylic acids is 1. The van der Waals surface area contributed by atoms with Gasteiger partial charge in [0.15, 0.2) is 6.61 Å². The summed E-state index contributed by atoms with van der Waals surface area (Å²) in [5.74, 6) is -1.48. The average molecular weight is 381 g/mol. The number of aromatic nitrogens is 2. The van der Waals surface area contributed by atoms with Crippen LogP contribution in [0, 0.1) is 5.82 Å². The predicted octanol–water partition coefficient (Wildman–Crippen LogP) is 4.07. The van der Waals surface area contributed by atoms with E-state index in [0.717, 1.165) is 6.20 Å². The van der Waals surface area contributed by atoms with Gasteiger partial charge in [0.2, 0.25) is 11.6 Å². The third kappa shape index (κ3) is 5.03. The molecular weight excluding hydrogens is 370 g/mol. The predicted molar refractivity (Wildman–Crippen MR) is 85.6 cm³/mol. The molecule has 1 aromatic carbocycles. The highest BCUT2D eigenvalue weighted by Crippen LogP contribution is 2.21. The van der Waals surface area contributed by atoms with E-state index in [4.69, 9.17) is 4.52 Å². The van der Waals surface area contributed by atoms with Crippen molar-refractivity contribution in [3.63, 3.8) is 0 Å². The van der Waals surface area contributed by atoms with Crippen LogP contribution in [0.4, 0.5) is 23.2 Å². The second-order valence-corrected chi connectivity index (χ2v) is 5.33. The molecule has 0 radical (unpaired) electrons. The van der Waals surface area contributed by atoms with Crippen LogP contribution in [0.5, 0.6) is 5.88 Å². The summed E-state index contributed by atoms with van der Waals surface area (Å²) >= 11 is 0. The standard InChI is InChI=1S/C17H11F4N3O3/c18-11-3-1-2-10(6-11)13-7-14(27-24-13)16(25)23-12-4-5-15(22-8-12)26-9-17(19,20)21/h1-8H,9H2,(H,23,25). The maximum Gasteiger partial charge on any atom is 0.422 e. The van der Waals surface area contributed by atoms with Crippen LogP contribution < -0.4 is 10.1 Å². The number of alkyl halides is 3. The number of nitrogens with zero attached hydrogens (tertiary/aromatic N) is 2. The van der Waals surface area contributed by atoms with Crippen LogP contribution in [0.25, 0.3) is 11.3 Å². The molecule has 2 heterocycles. The molecule has 27 heavy (non-hydrogen) atoms. The fraction of sp³-hybridized carbons (Fsp3) is 0.118. The van der Waals surface area contributed by atoms with Crippen molar-refractivity contribution < 1.29 is 31.6 Å². The molecule has 1 N–H and O–H groups in total. The van der Waals surface area contributed by atoms with Crippen molar-refractivity contribution in [2.24, 2.45) is 0 Å². The minimum Gasteiger partial charge on any atom is -0.468 e. The number of carbonyl (C=O) groups is 1. The molecule has 3 aromatic rings. The first-order valence-electron chi connectivity index (χ1n) is 7.50. The first kappa shape index (κ1) is 18.4. The monoisotopic (exact) mass is 381 g/mol. The number of amides is 1. The smallest absolute Gasteiger partial charge is 0.422 e. The van der Waals surface area contributed by atoms with Gasteiger partial charge in [-0.25, -0.2) is 9.37 Å². The lowest BCUT2D eigenvalue weighted by Crippen LogP contribution is -2.19. The van der Waals surface area contributed by atoms with E-state index >= 15 is 0 Å². The maximum atomic E-state index is 13.2. The number of anilines is 1. The Bertz CT molecular complexity index is 939. The number of benzene rings is 1. The molecule has 6 nitrogen and oxygen atoms in total. The van der Waals surface area contributed by atoms with E-state index in [0.29, 0.717) is 5.56 Å². The number of nitrogens with one attached hydrogen (secondary N) is 1. The van der Waals surface area contributed by atoms with Gasteiger partial charge in [-0.1, -0.05) is 17.3 Å². The van der Waals surface area contributed by atoms with Crippen molar-refractivity contribution in [1.29, 1.82) is 0 Å². The van der Waals surface area contributed by atoms with Gasteiger partial charge < -0.3 is 14.6 Å². The van der Waals surface area contributed by atoms with Crippen molar-refractivity contribution >= 4 is 11.6 Å². The van der Waals surface area contributed by atoms with Crippen LogP contribution in [0.3, 0.4) is 0 Å². The minimum absolute atomic E-state index is 0.133. The first-order valence-corrected chi connectivity index (χ1v) is 7.50. The Morgan fingerprint density at radius 2 is 2.00 bits per heavy atom. The largest absolute Gasteiger partial charge is 0.468 e. The van der Waals surface area contributed by atoms with Crippen molar-refractivity contribution in [2.45, 2.75) is 6.18 Å². The molecule has 0 aliphatic rings. The number of rotatable bonds is 5. The minimum atomic E-state index is -4.47. The van der Waals surface area contributed by atoms with E-state index in [1.807, 2.05) is 0 Å². The second-order valence-electron chi connectivity index (χ2n) is 5.33. The average Bonchev–Trinajstić information content (AvgIpc) is 3.11. The summed E-state index contributed by atoms with van der Waals surface area (Å²) in [6, 6.07) is 9.44. The number of halogens is 4. The van der Waals surface area contributed by atoms with Crippen LogP contribution in [-0.2, 0) is 0 Å². The van der Waals surface area contributed by atoms with E-state index < -0.39 is 24.5 Å². The van der Waals surface area contributed by atoms with E-state index in [1.54, 1.807) is 6.07 Å². The van der Waals surface area contributed by atoms with Gasteiger partial charge in [0.05, 0.1) is 11.9 Å². The molecule has 0 unspecified atom stereocenters. The van der Waals surface area contributed by atoms with Gasteiger partial charge in [0.1, 0.15) is 11.5 Å². The summed E-state index contributed by atoms with van der Waals surface area (Å²) < 4.78 is 58.9. The number of hydrogen-bond acceptors (Lipinski definition) is 5. The summed E-state index contributed by atoms with van der Waals surface area (Å²) in [5.41, 5.74) is 0.919. The fourth-order valence-electron chi connectivity index (χ4n) is 2.05. The van der Waals surface area contributed by atoms with Gasteiger partial charge in [-0.05, 0) is 18.2 Å². The van der Waals surface area contributed by atoms with Gasteiger partial charge in [-0.3, -0.25) is 4.79 Å². The van der Waals surface area contributed by atoms with Gasteiger partial charge in [0, 0.05) is 17.7 Å². The van der Waals surface area contributed by atoms with Gasteiger partial charge in [0.25, 0.3) is 5.91 Å². The molecule has 0 atom stereocenters. The summed E-state index contributed by atoms with van der Waals surface area (Å²) in [6.45, 7) is -1.47. The Balaban J connectivity index is 1.64. The van der Waals surface area contributed by atoms with Crippen LogP contribution in [0.15, 0.2) is 53.2 Å². The lowest BCUT2D eigenvalue weighted by Gasteiger charge is -2.08. The Hall–Kier alpha value is -3.43. The molecule has 10 heteroatoms. The lowest BCUT2D eigenvalue weighted by molar-refractivity contribution is -0.154. The molecule has 0 saturated heterocycles. The first-order chi connectivity index (χ1) is 12.8. The number of hydrogen-bond donors (Lipinski definition) is 1. The molecular formula is C17H11F4N3O3. The Morgan fingerprint density at radius 1 is 1.19 bits per heavy atom. The van der Waals surface area contributed by atoms with Gasteiger partial charge >= 0.3 is 6.18 Å². The van der Waals surface area contributed by atoms with Crippen molar-refractivity contribution in [2.75, 3.05) is 11.9 Å². The van der Waals surface area contributed by atoms with Crippen molar-refractivity contribution in [1.82, 2.24) is 10.1 Å². The SMILES string of the molecule is O=C(Nc1ccc(OCC(F)(F)F)nc1)c1cc(-c2cccc(F)c2)no1. The third-order valence-electron chi connectivity index (χ3n) is 3.23. The molecule has 0 aliphatic heterocycles. The summed E-state index contributed by atoms with van der Waals surface area (Å²) in [6.07, 6.45) is -3.34. The Kier molecular flexibility index (Phi) is 5.06. The van der Waals surface area contributed by atoms with Crippen molar-refractivity contribution in [3.05, 3.63) is 60.2 Å². The molecule has 0 spiro atoms. The molecule has 0 aliphatic carbocycles. The van der Waals surface area contributed by atoms with Crippen molar-refractivity contribution in [3.8, 4) is 17.1 Å². The summed E-state index contributed by atoms with van der Waals surface area (Å²) in [5, 5.41) is 6.15. The zero-order chi connectivity index (χ0) is 19.4. The molecule has 0 fully saturated rings. The van der Waals surface area contributed by atoms with Crippen LogP contribution >= 0.6 is 0 Å². The Morgan fingerprint density at radius 3 is 2.67 bits per heavy atom. The molecule has 140 valence electrons. The van der Waals surface area contributed by atoms with E-state index in [9.17, 15) is 22.4 Å². The highest BCUT2D eigenvalue weighted by molar-refractivity contribution is 6.02. The summed E-state index contributed by atoms with van der Waals surface area (Å²) in [4.78, 5) is 15.8. The molecule has 1 amide bonds. The number of ether oxygens (including phenoxy) is 1. The quantitative estimate of drug-likeness (QED) is 0.674. The number of pyridine rings is 1. The van der Waals surface area contributed by atoms with Crippen LogP contribution in [0.1, 0.15) is 10.6 Å². The zero-order valence-corrected chi connectivity index (χ0v) is 13.5. The molecule has 0 bridgehead atoms. The highest BCUT2D eigenvalue weighted by Gasteiger charge is 2.28. The topological polar surface area (TPSA) is 77.2 Å².